The molecular weight excluding hydrogens is 228 g/mol. The van der Waals surface area contributed by atoms with Crippen molar-refractivity contribution in [2.45, 2.75) is 13.0 Å². The predicted octanol–water partition coefficient (Wildman–Crippen LogP) is 2.00. The number of fused-ring (bicyclic) bond motifs is 1. The minimum atomic E-state index is -2.42. The molecule has 0 aliphatic heterocycles. The lowest BCUT2D eigenvalue weighted by Crippen LogP contribution is -2.13. The van der Waals surface area contributed by atoms with Crippen LogP contribution in [0.4, 0.5) is 8.78 Å². The summed E-state index contributed by atoms with van der Waals surface area (Å²) in [7, 11) is 0. The van der Waals surface area contributed by atoms with E-state index in [4.69, 9.17) is 10.9 Å². The lowest BCUT2D eigenvalue weighted by Gasteiger charge is -2.05. The van der Waals surface area contributed by atoms with Crippen molar-refractivity contribution in [3.05, 3.63) is 36.0 Å². The van der Waals surface area contributed by atoms with E-state index in [1.165, 1.54) is 4.57 Å². The fourth-order valence-corrected chi connectivity index (χ4v) is 1.81. The molecule has 0 atom stereocenters. The summed E-state index contributed by atoms with van der Waals surface area (Å²) < 4.78 is 26.1. The maximum Gasteiger partial charge on any atom is 0.256 e. The molecule has 1 aromatic carbocycles. The first-order valence-electron chi connectivity index (χ1n) is 4.97. The number of amidine groups is 1. The van der Waals surface area contributed by atoms with Crippen molar-refractivity contribution in [3.63, 3.8) is 0 Å². The second-order valence-electron chi connectivity index (χ2n) is 3.58. The Morgan fingerprint density at radius 3 is 2.82 bits per heavy atom. The molecule has 0 bridgehead atoms. The molecule has 90 valence electrons. The van der Waals surface area contributed by atoms with Gasteiger partial charge < -0.3 is 15.5 Å². The van der Waals surface area contributed by atoms with Crippen LogP contribution in [-0.2, 0) is 6.54 Å². The number of oxime groups is 1. The molecule has 0 saturated heterocycles. The molecule has 4 nitrogen and oxygen atoms in total. The van der Waals surface area contributed by atoms with Crippen LogP contribution in [0, 0.1) is 0 Å². The molecule has 17 heavy (non-hydrogen) atoms. The molecule has 2 rings (SSSR count). The third-order valence-corrected chi connectivity index (χ3v) is 2.53. The Morgan fingerprint density at radius 2 is 2.18 bits per heavy atom. The SMILES string of the molecule is N/C(=N/O)c1cccc2c1ccn2CC(F)F. The number of hydrogen-bond acceptors (Lipinski definition) is 2. The van der Waals surface area contributed by atoms with Crippen LogP contribution >= 0.6 is 0 Å². The van der Waals surface area contributed by atoms with Crippen LogP contribution in [0.25, 0.3) is 10.9 Å². The minimum Gasteiger partial charge on any atom is -0.409 e. The lowest BCUT2D eigenvalue weighted by molar-refractivity contribution is 0.128. The topological polar surface area (TPSA) is 63.5 Å². The van der Waals surface area contributed by atoms with Gasteiger partial charge in [0.1, 0.15) is 0 Å². The number of aromatic nitrogens is 1. The highest BCUT2D eigenvalue weighted by atomic mass is 19.3. The highest BCUT2D eigenvalue weighted by molar-refractivity contribution is 6.08. The zero-order valence-corrected chi connectivity index (χ0v) is 8.85. The molecule has 0 saturated carbocycles. The molecule has 2 aromatic rings. The molecule has 0 aliphatic rings. The normalized spacial score (nSPS) is 12.5. The van der Waals surface area contributed by atoms with Crippen molar-refractivity contribution in [2.24, 2.45) is 10.9 Å². The van der Waals surface area contributed by atoms with E-state index in [1.807, 2.05) is 0 Å². The average Bonchev–Trinajstić information content (AvgIpc) is 2.71. The quantitative estimate of drug-likeness (QED) is 0.372. The van der Waals surface area contributed by atoms with Crippen LogP contribution in [0.15, 0.2) is 35.6 Å². The van der Waals surface area contributed by atoms with Gasteiger partial charge in [-0.25, -0.2) is 8.78 Å². The zero-order valence-electron chi connectivity index (χ0n) is 8.85. The lowest BCUT2D eigenvalue weighted by atomic mass is 10.1. The van der Waals surface area contributed by atoms with Gasteiger partial charge in [-0.1, -0.05) is 17.3 Å². The van der Waals surface area contributed by atoms with Gasteiger partial charge in [0.2, 0.25) is 0 Å². The van der Waals surface area contributed by atoms with Crippen molar-refractivity contribution < 1.29 is 14.0 Å². The average molecular weight is 239 g/mol. The molecule has 0 aliphatic carbocycles. The largest absolute Gasteiger partial charge is 0.409 e. The number of benzene rings is 1. The number of hydrogen-bond donors (Lipinski definition) is 2. The number of alkyl halides is 2. The van der Waals surface area contributed by atoms with Crippen LogP contribution in [0.5, 0.6) is 0 Å². The van der Waals surface area contributed by atoms with Gasteiger partial charge in [0, 0.05) is 22.7 Å². The van der Waals surface area contributed by atoms with E-state index in [-0.39, 0.29) is 12.4 Å². The first-order chi connectivity index (χ1) is 8.13. The van der Waals surface area contributed by atoms with E-state index in [2.05, 4.69) is 5.16 Å². The number of halogens is 2. The van der Waals surface area contributed by atoms with Gasteiger partial charge >= 0.3 is 0 Å². The van der Waals surface area contributed by atoms with E-state index in [0.29, 0.717) is 16.5 Å². The second kappa shape index (κ2) is 4.40. The van der Waals surface area contributed by atoms with E-state index < -0.39 is 6.43 Å². The Hall–Kier alpha value is -2.11. The smallest absolute Gasteiger partial charge is 0.256 e. The Balaban J connectivity index is 2.57. The first kappa shape index (κ1) is 11.4. The minimum absolute atomic E-state index is 0.0367. The van der Waals surface area contributed by atoms with E-state index >= 15 is 0 Å². The highest BCUT2D eigenvalue weighted by Crippen LogP contribution is 2.21. The van der Waals surface area contributed by atoms with Crippen LogP contribution in [-0.4, -0.2) is 22.0 Å². The summed E-state index contributed by atoms with van der Waals surface area (Å²) in [5.41, 5.74) is 6.67. The van der Waals surface area contributed by atoms with Gasteiger partial charge in [0.25, 0.3) is 6.43 Å². The summed E-state index contributed by atoms with van der Waals surface area (Å²) in [4.78, 5) is 0. The Bertz CT molecular complexity index is 563. The molecule has 3 N–H and O–H groups in total. The third-order valence-electron chi connectivity index (χ3n) is 2.53. The third kappa shape index (κ3) is 2.06. The Labute approximate surface area is 95.9 Å². The number of nitrogens with two attached hydrogens (primary N) is 1. The number of rotatable bonds is 3. The van der Waals surface area contributed by atoms with Crippen molar-refractivity contribution in [2.75, 3.05) is 0 Å². The van der Waals surface area contributed by atoms with Gasteiger partial charge in [0.05, 0.1) is 6.54 Å². The van der Waals surface area contributed by atoms with E-state index in [1.54, 1.807) is 30.5 Å². The Morgan fingerprint density at radius 1 is 1.41 bits per heavy atom. The van der Waals surface area contributed by atoms with Crippen molar-refractivity contribution in [1.82, 2.24) is 4.57 Å². The monoisotopic (exact) mass is 239 g/mol. The Kier molecular flexibility index (Phi) is 2.95. The predicted molar refractivity (Wildman–Crippen MR) is 60.5 cm³/mol. The standard InChI is InChI=1S/C11H11F2N3O/c12-10(13)6-16-5-4-7-8(11(14)15-17)2-1-3-9(7)16/h1-5,10,17H,6H2,(H2,14,15). The second-order valence-corrected chi connectivity index (χ2v) is 3.58. The molecule has 0 unspecified atom stereocenters. The molecule has 0 fully saturated rings. The van der Waals surface area contributed by atoms with E-state index in [0.717, 1.165) is 0 Å². The summed E-state index contributed by atoms with van der Waals surface area (Å²) >= 11 is 0. The molecule has 1 aromatic heterocycles. The van der Waals surface area contributed by atoms with Gasteiger partial charge in [-0.15, -0.1) is 0 Å². The fraction of sp³-hybridized carbons (Fsp3) is 0.182. The summed E-state index contributed by atoms with van der Waals surface area (Å²) in [6.07, 6.45) is -0.858. The van der Waals surface area contributed by atoms with Crippen molar-refractivity contribution in [1.29, 1.82) is 0 Å². The molecule has 0 radical (unpaired) electrons. The van der Waals surface area contributed by atoms with E-state index in [9.17, 15) is 8.78 Å². The zero-order chi connectivity index (χ0) is 12.4. The van der Waals surface area contributed by atoms with Crippen LogP contribution in [0.2, 0.25) is 0 Å². The summed E-state index contributed by atoms with van der Waals surface area (Å²) in [5, 5.41) is 12.2. The maximum absolute atomic E-state index is 12.3. The van der Waals surface area contributed by atoms with Gasteiger partial charge in [-0.2, -0.15) is 0 Å². The summed E-state index contributed by atoms with van der Waals surface area (Å²) in [5.74, 6) is -0.0367. The summed E-state index contributed by atoms with van der Waals surface area (Å²) in [6.45, 7) is -0.372. The molecule has 0 spiro atoms. The van der Waals surface area contributed by atoms with Gasteiger partial charge in [-0.05, 0) is 12.1 Å². The molecule has 1 heterocycles. The van der Waals surface area contributed by atoms with Crippen LogP contribution in [0.3, 0.4) is 0 Å². The summed E-state index contributed by atoms with van der Waals surface area (Å²) in [6, 6.07) is 6.73. The van der Waals surface area contributed by atoms with Gasteiger partial charge in [-0.3, -0.25) is 0 Å². The fourth-order valence-electron chi connectivity index (χ4n) is 1.81. The van der Waals surface area contributed by atoms with Crippen molar-refractivity contribution in [3.8, 4) is 0 Å². The maximum atomic E-state index is 12.3. The molecule has 0 amide bonds. The van der Waals surface area contributed by atoms with Crippen molar-refractivity contribution >= 4 is 16.7 Å². The van der Waals surface area contributed by atoms with Crippen LogP contribution in [0.1, 0.15) is 5.56 Å². The molecule has 6 heteroatoms. The molecular formula is C11H11F2N3O. The first-order valence-corrected chi connectivity index (χ1v) is 4.97. The number of nitrogens with zero attached hydrogens (tertiary/aromatic N) is 2. The highest BCUT2D eigenvalue weighted by Gasteiger charge is 2.11. The van der Waals surface area contributed by atoms with Gasteiger partial charge in [0.15, 0.2) is 5.84 Å². The van der Waals surface area contributed by atoms with Crippen LogP contribution < -0.4 is 5.73 Å².